The van der Waals surface area contributed by atoms with Crippen molar-refractivity contribution in [1.82, 2.24) is 29.9 Å². The van der Waals surface area contributed by atoms with Crippen LogP contribution in [0, 0.1) is 4.77 Å². The van der Waals surface area contributed by atoms with Crippen molar-refractivity contribution < 1.29 is 17.5 Å². The number of hydrogen-bond donors (Lipinski definition) is 4. The molecule has 0 amide bonds. The molecule has 0 saturated heterocycles. The molecule has 4 unspecified atom stereocenters. The molecule has 0 spiro atoms. The topological polar surface area (TPSA) is 248 Å². The van der Waals surface area contributed by atoms with Crippen LogP contribution in [0.25, 0.3) is 33.3 Å². The minimum absolute atomic E-state index is 0. The standard InChI is InChI=1S/C17H16N2O4S.C17H16N2O3S.C9H8N2O3S.C8H9Br.2CH4/c1-3-11-9-13(20)23-16-14(11)15(21)18-17(19-16)24(22)10(2)12-7-5-4-6-8-12;1-3-11-9-13(20)22-16-14(11)15(21)18-17(19-16)23-10(2)12-7-5-4-6-8-12;1-2-4-3-5(12)14-8-6(4)7(13)10-9(15)11-8;1-7(9)8-5-3-2-4-6-8;;/h4-10H,3H2,1-2H3,(H,18,19,21);4-10H,3H2,1-2H3,(H,18,19,21);3H,2H2,1H3,(H2,10,11,13,15);2-7H,1H3;2*1H4. The molecule has 16 nitrogen and oxygen atoms in total. The van der Waals surface area contributed by atoms with E-state index in [0.717, 1.165) is 11.1 Å². The van der Waals surface area contributed by atoms with E-state index in [4.69, 9.17) is 25.5 Å². The second-order valence-electron chi connectivity index (χ2n) is 15.6. The molecule has 0 saturated carbocycles. The lowest BCUT2D eigenvalue weighted by Gasteiger charge is -2.11. The third kappa shape index (κ3) is 15.1. The monoisotopic (exact) mass is 1110 g/mol. The predicted molar refractivity (Wildman–Crippen MR) is 297 cm³/mol. The van der Waals surface area contributed by atoms with Crippen LogP contribution in [0.1, 0.15) is 105 Å². The summed E-state index contributed by atoms with van der Waals surface area (Å²) in [5.74, 6) is 0. The molecule has 73 heavy (non-hydrogen) atoms. The molecule has 6 heterocycles. The van der Waals surface area contributed by atoms with E-state index in [-0.39, 0.29) is 68.9 Å². The zero-order valence-electron chi connectivity index (χ0n) is 39.3. The summed E-state index contributed by atoms with van der Waals surface area (Å²) >= 11 is 9.68. The van der Waals surface area contributed by atoms with Gasteiger partial charge in [-0.05, 0) is 85.6 Å². The molecule has 4 N–H and O–H groups in total. The molecule has 6 aromatic heterocycles. The number of aryl methyl sites for hydroxylation is 3. The van der Waals surface area contributed by atoms with E-state index >= 15 is 0 Å². The smallest absolute Gasteiger partial charge is 0.337 e. The Hall–Kier alpha value is -6.87. The first-order valence-electron chi connectivity index (χ1n) is 22.3. The van der Waals surface area contributed by atoms with Crippen molar-refractivity contribution in [1.29, 1.82) is 0 Å². The SMILES string of the molecule is C.C.CC(Br)c1ccccc1.CCc1cc(=O)oc2[nH]c(=S)[nH]c(=O)c12.CCc1cc(=O)oc2nc(S(=O)C(C)c3ccccc3)[nH]c(=O)c12.CCc1cc(=O)oc2nc(SC(C)c3ccccc3)[nH]c(=O)c12. The van der Waals surface area contributed by atoms with E-state index in [1.54, 1.807) is 6.92 Å². The Morgan fingerprint density at radius 3 is 1.48 bits per heavy atom. The van der Waals surface area contributed by atoms with Crippen molar-refractivity contribution in [3.8, 4) is 0 Å². The number of nitrogens with one attached hydrogen (secondary N) is 4. The second-order valence-corrected chi connectivity index (χ2v) is 20.4. The summed E-state index contributed by atoms with van der Waals surface area (Å²) in [5, 5.41) is 1.11. The molecule has 9 aromatic rings. The molecular weight excluding hydrogens is 1060 g/mol. The molecule has 4 atom stereocenters. The number of aromatic amines is 4. The Labute approximate surface area is 439 Å². The van der Waals surface area contributed by atoms with E-state index in [1.807, 2.05) is 107 Å². The van der Waals surface area contributed by atoms with Crippen molar-refractivity contribution in [2.75, 3.05) is 0 Å². The summed E-state index contributed by atoms with van der Waals surface area (Å²) < 4.78 is 27.9. The normalized spacial score (nSPS) is 12.3. The number of fused-ring (bicyclic) bond motifs is 3. The van der Waals surface area contributed by atoms with Gasteiger partial charge in [-0.15, -0.1) is 0 Å². The van der Waals surface area contributed by atoms with Crippen LogP contribution < -0.4 is 33.6 Å². The Morgan fingerprint density at radius 1 is 0.575 bits per heavy atom. The van der Waals surface area contributed by atoms with Gasteiger partial charge in [-0.25, -0.2) is 14.4 Å². The van der Waals surface area contributed by atoms with E-state index in [0.29, 0.717) is 56.7 Å². The van der Waals surface area contributed by atoms with Crippen LogP contribution in [0.4, 0.5) is 0 Å². The zero-order chi connectivity index (χ0) is 51.4. The fraction of sp³-hybridized carbons (Fsp3) is 0.264. The minimum Gasteiger partial charge on any atom is -0.405 e. The van der Waals surface area contributed by atoms with Crippen LogP contribution in [-0.2, 0) is 30.1 Å². The van der Waals surface area contributed by atoms with Gasteiger partial charge >= 0.3 is 16.9 Å². The highest BCUT2D eigenvalue weighted by atomic mass is 79.9. The number of hydrogen-bond acceptors (Lipinski definition) is 14. The number of aromatic nitrogens is 6. The number of thioether (sulfide) groups is 1. The molecule has 20 heteroatoms. The fourth-order valence-corrected chi connectivity index (χ4v) is 9.63. The summed E-state index contributed by atoms with van der Waals surface area (Å²) in [6, 6.07) is 33.5. The number of alkyl halides is 1. The van der Waals surface area contributed by atoms with E-state index in [1.165, 1.54) is 35.5 Å². The largest absolute Gasteiger partial charge is 0.405 e. The van der Waals surface area contributed by atoms with Gasteiger partial charge in [0.15, 0.2) is 9.93 Å². The molecule has 0 bridgehead atoms. The van der Waals surface area contributed by atoms with Gasteiger partial charge in [0.25, 0.3) is 16.7 Å². The van der Waals surface area contributed by atoms with Crippen molar-refractivity contribution in [2.24, 2.45) is 0 Å². The highest BCUT2D eigenvalue weighted by molar-refractivity contribution is 9.09. The number of halogens is 1. The second kappa shape index (κ2) is 27.3. The van der Waals surface area contributed by atoms with Crippen LogP contribution in [0.2, 0.25) is 0 Å². The van der Waals surface area contributed by atoms with E-state index in [9.17, 15) is 33.0 Å². The third-order valence-corrected chi connectivity index (χ3v) is 14.1. The molecule has 3 aromatic carbocycles. The van der Waals surface area contributed by atoms with Crippen LogP contribution in [0.15, 0.2) is 162 Å². The highest BCUT2D eigenvalue weighted by Gasteiger charge is 2.21. The lowest BCUT2D eigenvalue weighted by molar-refractivity contribution is 0.540. The maximum Gasteiger partial charge on any atom is 0.337 e. The average molecular weight is 1110 g/mol. The van der Waals surface area contributed by atoms with Crippen LogP contribution in [0.3, 0.4) is 0 Å². The Bertz CT molecular complexity index is 3740. The van der Waals surface area contributed by atoms with Gasteiger partial charge < -0.3 is 23.2 Å². The molecule has 384 valence electrons. The van der Waals surface area contributed by atoms with Crippen LogP contribution in [0.5, 0.6) is 0 Å². The Kier molecular flexibility index (Phi) is 21.9. The molecule has 0 aliphatic rings. The Morgan fingerprint density at radius 2 is 1.00 bits per heavy atom. The van der Waals surface area contributed by atoms with Crippen molar-refractivity contribution in [3.05, 3.63) is 210 Å². The lowest BCUT2D eigenvalue weighted by atomic mass is 10.1. The zero-order valence-corrected chi connectivity index (χ0v) is 43.4. The van der Waals surface area contributed by atoms with E-state index in [2.05, 4.69) is 64.9 Å². The number of H-pyrrole nitrogens is 4. The summed E-state index contributed by atoms with van der Waals surface area (Å²) in [7, 11) is -1.59. The fourth-order valence-electron chi connectivity index (χ4n) is 7.12. The summed E-state index contributed by atoms with van der Waals surface area (Å²) in [6.45, 7) is 11.5. The predicted octanol–water partition coefficient (Wildman–Crippen LogP) is 11.1. The highest BCUT2D eigenvalue weighted by Crippen LogP contribution is 2.32. The van der Waals surface area contributed by atoms with Crippen LogP contribution in [-0.4, -0.2) is 34.1 Å². The Balaban J connectivity index is 0.000000220. The maximum absolute atomic E-state index is 12.7. The van der Waals surface area contributed by atoms with Gasteiger partial charge in [0.2, 0.25) is 22.3 Å². The molecule has 0 aliphatic heterocycles. The molecule has 9 rings (SSSR count). The van der Waals surface area contributed by atoms with Crippen LogP contribution >= 0.6 is 39.9 Å². The first kappa shape index (κ1) is 58.7. The summed E-state index contributed by atoms with van der Waals surface area (Å²) in [5.41, 5.74) is 2.71. The van der Waals surface area contributed by atoms with Gasteiger partial charge in [-0.3, -0.25) is 28.6 Å². The van der Waals surface area contributed by atoms with Crippen molar-refractivity contribution >= 4 is 84.0 Å². The van der Waals surface area contributed by atoms with Gasteiger partial charge in [0.05, 0.1) is 16.0 Å². The summed E-state index contributed by atoms with van der Waals surface area (Å²) in [6.07, 6.45) is 1.64. The summed E-state index contributed by atoms with van der Waals surface area (Å²) in [4.78, 5) is 90.0. The number of rotatable bonds is 10. The first-order valence-corrected chi connectivity index (χ1v) is 25.7. The molecular formula is C53H57BrN6O10S3. The van der Waals surface area contributed by atoms with Gasteiger partial charge in [-0.2, -0.15) is 9.97 Å². The minimum atomic E-state index is -1.59. The van der Waals surface area contributed by atoms with Gasteiger partial charge in [-0.1, -0.05) is 154 Å². The lowest BCUT2D eigenvalue weighted by Crippen LogP contribution is -2.18. The molecule has 0 fully saturated rings. The molecule has 0 radical (unpaired) electrons. The van der Waals surface area contributed by atoms with Crippen molar-refractivity contribution in [2.45, 2.75) is 101 Å². The van der Waals surface area contributed by atoms with Crippen molar-refractivity contribution in [3.63, 3.8) is 0 Å². The third-order valence-electron chi connectivity index (χ3n) is 10.8. The first-order chi connectivity index (χ1) is 34.0. The average Bonchev–Trinajstić information content (AvgIpc) is 3.35. The van der Waals surface area contributed by atoms with Gasteiger partial charge in [0.1, 0.15) is 16.2 Å². The molecule has 0 aliphatic carbocycles. The maximum atomic E-state index is 12.7. The van der Waals surface area contributed by atoms with Gasteiger partial charge in [0, 0.05) is 28.3 Å². The van der Waals surface area contributed by atoms with E-state index < -0.39 is 33.2 Å². The quantitative estimate of drug-likeness (QED) is 0.0431. The number of benzene rings is 3. The number of nitrogens with zero attached hydrogens (tertiary/aromatic N) is 2.